The van der Waals surface area contributed by atoms with Crippen molar-refractivity contribution in [3.8, 4) is 0 Å². The normalized spacial score (nSPS) is 13.0. The van der Waals surface area contributed by atoms with Gasteiger partial charge in [0, 0.05) is 31.4 Å². The van der Waals surface area contributed by atoms with Gasteiger partial charge in [0.05, 0.1) is 6.33 Å². The van der Waals surface area contributed by atoms with Crippen LogP contribution in [0.3, 0.4) is 0 Å². The Kier molecular flexibility index (Phi) is 7.08. The number of rotatable bonds is 7. The third-order valence-electron chi connectivity index (χ3n) is 2.81. The largest absolute Gasteiger partial charge is 0.444 e. The van der Waals surface area contributed by atoms with Crippen LogP contribution < -0.4 is 5.32 Å². The van der Waals surface area contributed by atoms with E-state index in [0.29, 0.717) is 12.5 Å². The van der Waals surface area contributed by atoms with Gasteiger partial charge in [-0.2, -0.15) is 11.8 Å². The van der Waals surface area contributed by atoms with E-state index >= 15 is 0 Å². The lowest BCUT2D eigenvalue weighted by atomic mass is 10.2. The summed E-state index contributed by atoms with van der Waals surface area (Å²) < 4.78 is 7.37. The van der Waals surface area contributed by atoms with Gasteiger partial charge in [-0.05, 0) is 38.7 Å². The van der Waals surface area contributed by atoms with Crippen molar-refractivity contribution in [3.05, 3.63) is 18.2 Å². The van der Waals surface area contributed by atoms with Crippen LogP contribution in [0.4, 0.5) is 4.79 Å². The number of hydrogen-bond acceptors (Lipinski definition) is 4. The van der Waals surface area contributed by atoms with Crippen LogP contribution in [0.25, 0.3) is 0 Å². The fourth-order valence-electron chi connectivity index (χ4n) is 2.00. The molecular formula is C15H27N3O2S. The number of hydrogen-bond donors (Lipinski definition) is 1. The Labute approximate surface area is 131 Å². The molecule has 0 aliphatic heterocycles. The predicted octanol–water partition coefficient (Wildman–Crippen LogP) is 2.95. The van der Waals surface area contributed by atoms with Gasteiger partial charge in [-0.3, -0.25) is 0 Å². The zero-order chi connectivity index (χ0) is 15.9. The van der Waals surface area contributed by atoms with E-state index < -0.39 is 5.60 Å². The average Bonchev–Trinajstić information content (AvgIpc) is 2.74. The Morgan fingerprint density at radius 2 is 2.24 bits per heavy atom. The Hall–Kier alpha value is -1.17. The molecule has 1 N–H and O–H groups in total. The fourth-order valence-corrected chi connectivity index (χ4v) is 2.67. The van der Waals surface area contributed by atoms with Crippen molar-refractivity contribution in [3.63, 3.8) is 0 Å². The molecule has 1 heterocycles. The van der Waals surface area contributed by atoms with E-state index in [9.17, 15) is 4.79 Å². The molecule has 1 rings (SSSR count). The van der Waals surface area contributed by atoms with Crippen LogP contribution >= 0.6 is 11.8 Å². The van der Waals surface area contributed by atoms with Crippen molar-refractivity contribution < 1.29 is 9.53 Å². The van der Waals surface area contributed by atoms with Crippen molar-refractivity contribution in [1.29, 1.82) is 0 Å². The van der Waals surface area contributed by atoms with E-state index in [1.54, 1.807) is 0 Å². The number of imidazole rings is 1. The van der Waals surface area contributed by atoms with E-state index in [2.05, 4.69) is 28.0 Å². The highest BCUT2D eigenvalue weighted by atomic mass is 32.2. The lowest BCUT2D eigenvalue weighted by Crippen LogP contribution is -2.33. The monoisotopic (exact) mass is 313 g/mol. The highest BCUT2D eigenvalue weighted by Gasteiger charge is 2.15. The van der Waals surface area contributed by atoms with Gasteiger partial charge < -0.3 is 14.6 Å². The molecule has 0 aliphatic carbocycles. The van der Waals surface area contributed by atoms with Crippen LogP contribution in [0, 0.1) is 5.92 Å². The second-order valence-corrected chi connectivity index (χ2v) is 7.19. The van der Waals surface area contributed by atoms with Crippen LogP contribution in [-0.2, 0) is 17.7 Å². The van der Waals surface area contributed by atoms with Gasteiger partial charge >= 0.3 is 6.09 Å². The minimum Gasteiger partial charge on any atom is -0.444 e. The first-order chi connectivity index (χ1) is 9.81. The summed E-state index contributed by atoms with van der Waals surface area (Å²) >= 11 is 1.86. The fraction of sp³-hybridized carbons (Fsp3) is 0.733. The molecule has 0 saturated carbocycles. The lowest BCUT2D eigenvalue weighted by molar-refractivity contribution is 0.0528. The standard InChI is InChI=1S/C15H27N3O2S/c1-12(10-21-5)9-18-11-16-8-13(18)6-7-17-14(19)20-15(2,3)4/h8,11-12H,6-7,9-10H2,1-5H3,(H,17,19). The van der Waals surface area contributed by atoms with E-state index in [-0.39, 0.29) is 6.09 Å². The molecular weight excluding hydrogens is 286 g/mol. The van der Waals surface area contributed by atoms with Gasteiger partial charge in [0.1, 0.15) is 5.60 Å². The smallest absolute Gasteiger partial charge is 0.407 e. The molecule has 0 bridgehead atoms. The van der Waals surface area contributed by atoms with Gasteiger partial charge in [0.2, 0.25) is 0 Å². The highest BCUT2D eigenvalue weighted by Crippen LogP contribution is 2.10. The third kappa shape index (κ3) is 7.41. The van der Waals surface area contributed by atoms with Crippen molar-refractivity contribution in [2.75, 3.05) is 18.6 Å². The summed E-state index contributed by atoms with van der Waals surface area (Å²) in [5.41, 5.74) is 0.679. The van der Waals surface area contributed by atoms with Crippen LogP contribution in [0.1, 0.15) is 33.4 Å². The summed E-state index contributed by atoms with van der Waals surface area (Å²) in [6, 6.07) is 0. The molecule has 0 aromatic carbocycles. The second-order valence-electron chi connectivity index (χ2n) is 6.28. The first kappa shape index (κ1) is 17.9. The van der Waals surface area contributed by atoms with Crippen LogP contribution in [0.2, 0.25) is 0 Å². The molecule has 1 unspecified atom stereocenters. The molecule has 1 aromatic rings. The number of carbonyl (C=O) groups excluding carboxylic acids is 1. The maximum Gasteiger partial charge on any atom is 0.407 e. The second kappa shape index (κ2) is 8.32. The average molecular weight is 313 g/mol. The zero-order valence-electron chi connectivity index (χ0n) is 13.7. The molecule has 0 radical (unpaired) electrons. The molecule has 1 atom stereocenters. The summed E-state index contributed by atoms with van der Waals surface area (Å²) in [6.07, 6.45) is 6.23. The topological polar surface area (TPSA) is 56.2 Å². The van der Waals surface area contributed by atoms with Crippen molar-refractivity contribution in [1.82, 2.24) is 14.9 Å². The summed E-state index contributed by atoms with van der Waals surface area (Å²) in [6.45, 7) is 9.32. The van der Waals surface area contributed by atoms with Gasteiger partial charge in [0.25, 0.3) is 0 Å². The van der Waals surface area contributed by atoms with Crippen molar-refractivity contribution in [2.45, 2.75) is 46.3 Å². The van der Waals surface area contributed by atoms with Gasteiger partial charge in [-0.1, -0.05) is 6.92 Å². The van der Waals surface area contributed by atoms with E-state index in [1.807, 2.05) is 45.1 Å². The maximum atomic E-state index is 11.6. The first-order valence-corrected chi connectivity index (χ1v) is 8.66. The Bertz CT molecular complexity index is 440. The molecule has 0 saturated heterocycles. The third-order valence-corrected chi connectivity index (χ3v) is 3.71. The summed E-state index contributed by atoms with van der Waals surface area (Å²) in [4.78, 5) is 15.8. The molecule has 0 aliphatic rings. The maximum absolute atomic E-state index is 11.6. The zero-order valence-corrected chi connectivity index (χ0v) is 14.5. The van der Waals surface area contributed by atoms with Crippen molar-refractivity contribution >= 4 is 17.9 Å². The van der Waals surface area contributed by atoms with E-state index in [0.717, 1.165) is 24.4 Å². The number of amides is 1. The summed E-state index contributed by atoms with van der Waals surface area (Å²) in [5.74, 6) is 1.74. The molecule has 5 nitrogen and oxygen atoms in total. The molecule has 21 heavy (non-hydrogen) atoms. The molecule has 6 heteroatoms. The Morgan fingerprint density at radius 3 is 2.86 bits per heavy atom. The van der Waals surface area contributed by atoms with Gasteiger partial charge in [-0.15, -0.1) is 0 Å². The molecule has 1 amide bonds. The lowest BCUT2D eigenvalue weighted by Gasteiger charge is -2.19. The SMILES string of the molecule is CSCC(C)Cn1cncc1CCNC(=O)OC(C)(C)C. The number of nitrogens with zero attached hydrogens (tertiary/aromatic N) is 2. The highest BCUT2D eigenvalue weighted by molar-refractivity contribution is 7.98. The van der Waals surface area contributed by atoms with Gasteiger partial charge in [0.15, 0.2) is 0 Å². The Morgan fingerprint density at radius 1 is 1.52 bits per heavy atom. The number of aromatic nitrogens is 2. The molecule has 120 valence electrons. The molecule has 0 spiro atoms. The van der Waals surface area contributed by atoms with E-state index in [1.165, 1.54) is 0 Å². The minimum absolute atomic E-state index is 0.371. The van der Waals surface area contributed by atoms with Crippen molar-refractivity contribution in [2.24, 2.45) is 5.92 Å². The first-order valence-electron chi connectivity index (χ1n) is 7.26. The molecule has 1 aromatic heterocycles. The quantitative estimate of drug-likeness (QED) is 0.841. The number of thioether (sulfide) groups is 1. The van der Waals surface area contributed by atoms with Gasteiger partial charge in [-0.25, -0.2) is 9.78 Å². The minimum atomic E-state index is -0.459. The van der Waals surface area contributed by atoms with Crippen LogP contribution in [0.5, 0.6) is 0 Å². The van der Waals surface area contributed by atoms with E-state index in [4.69, 9.17) is 4.74 Å². The molecule has 0 fully saturated rings. The van der Waals surface area contributed by atoms with Crippen LogP contribution in [-0.4, -0.2) is 39.8 Å². The Balaban J connectivity index is 2.39. The number of alkyl carbamates (subject to hydrolysis) is 1. The summed E-state index contributed by atoms with van der Waals surface area (Å²) in [7, 11) is 0. The number of nitrogens with one attached hydrogen (secondary N) is 1. The summed E-state index contributed by atoms with van der Waals surface area (Å²) in [5, 5.41) is 2.78. The number of ether oxygens (including phenoxy) is 1. The number of carbonyl (C=O) groups is 1. The van der Waals surface area contributed by atoms with Crippen LogP contribution in [0.15, 0.2) is 12.5 Å². The predicted molar refractivity (Wildman–Crippen MR) is 87.7 cm³/mol.